The topological polar surface area (TPSA) is 101 Å². The summed E-state index contributed by atoms with van der Waals surface area (Å²) in [6.07, 6.45) is 5.63. The Kier molecular flexibility index (Phi) is 6.39. The molecule has 1 aromatic carbocycles. The standard InChI is InChI=1S/C24H25FN6O2/c1-14-19(23(32)30-18-9-7-17(25)8-10-18)12-27-22(29-14)21-6-4-5-11-31(21)24(33)20-13-26-16(3)28-15(20)2/h7-10,12-13,21H,4-6,11H2,1-3H3,(H,30,32)/t21-/m0/s1. The number of carbonyl (C=O) groups is 2. The number of rotatable bonds is 4. The van der Waals surface area contributed by atoms with Crippen LogP contribution < -0.4 is 5.32 Å². The van der Waals surface area contributed by atoms with Crippen molar-refractivity contribution in [3.63, 3.8) is 0 Å². The SMILES string of the molecule is Cc1ncc(C(=O)N2CCCC[C@H]2c2ncc(C(=O)Nc3ccc(F)cc3)c(C)n2)c(C)n1. The Bertz CT molecular complexity index is 1200. The van der Waals surface area contributed by atoms with Gasteiger partial charge in [0.2, 0.25) is 0 Å². The van der Waals surface area contributed by atoms with Crippen molar-refractivity contribution in [1.82, 2.24) is 24.8 Å². The highest BCUT2D eigenvalue weighted by molar-refractivity contribution is 6.04. The van der Waals surface area contributed by atoms with E-state index in [1.807, 2.05) is 0 Å². The van der Waals surface area contributed by atoms with Crippen LogP contribution in [0.5, 0.6) is 0 Å². The largest absolute Gasteiger partial charge is 0.328 e. The molecule has 8 nitrogen and oxygen atoms in total. The van der Waals surface area contributed by atoms with Crippen molar-refractivity contribution in [2.45, 2.75) is 46.1 Å². The number of piperidine rings is 1. The number of likely N-dealkylation sites (tertiary alicyclic amines) is 1. The van der Waals surface area contributed by atoms with E-state index in [4.69, 9.17) is 0 Å². The first-order valence-electron chi connectivity index (χ1n) is 10.8. The molecule has 1 fully saturated rings. The number of nitrogens with one attached hydrogen (secondary N) is 1. The van der Waals surface area contributed by atoms with E-state index in [1.54, 1.807) is 31.9 Å². The molecule has 0 bridgehead atoms. The van der Waals surface area contributed by atoms with E-state index in [0.29, 0.717) is 46.4 Å². The molecule has 1 saturated heterocycles. The van der Waals surface area contributed by atoms with Crippen LogP contribution in [0.3, 0.4) is 0 Å². The summed E-state index contributed by atoms with van der Waals surface area (Å²) in [7, 11) is 0. The average Bonchev–Trinajstić information content (AvgIpc) is 2.80. The molecule has 1 aliphatic heterocycles. The van der Waals surface area contributed by atoms with Gasteiger partial charge in [-0.3, -0.25) is 9.59 Å². The Hall–Kier alpha value is -3.75. The summed E-state index contributed by atoms with van der Waals surface area (Å²) in [4.78, 5) is 45.3. The maximum atomic E-state index is 13.3. The fraction of sp³-hybridized carbons (Fsp3) is 0.333. The van der Waals surface area contributed by atoms with Gasteiger partial charge < -0.3 is 10.2 Å². The number of aromatic nitrogens is 4. The zero-order valence-electron chi connectivity index (χ0n) is 18.8. The van der Waals surface area contributed by atoms with E-state index >= 15 is 0 Å². The van der Waals surface area contributed by atoms with Crippen LogP contribution in [0, 0.1) is 26.6 Å². The first kappa shape index (κ1) is 22.4. The molecule has 0 radical (unpaired) electrons. The van der Waals surface area contributed by atoms with Crippen LogP contribution in [-0.2, 0) is 0 Å². The van der Waals surface area contributed by atoms with Crippen LogP contribution in [0.1, 0.15) is 69.1 Å². The highest BCUT2D eigenvalue weighted by Crippen LogP contribution is 2.31. The molecule has 2 amide bonds. The smallest absolute Gasteiger partial charge is 0.259 e. The van der Waals surface area contributed by atoms with Crippen molar-refractivity contribution in [1.29, 1.82) is 0 Å². The molecular formula is C24H25FN6O2. The Labute approximate surface area is 191 Å². The van der Waals surface area contributed by atoms with Crippen LogP contribution in [0.2, 0.25) is 0 Å². The van der Waals surface area contributed by atoms with Crippen molar-refractivity contribution in [2.75, 3.05) is 11.9 Å². The van der Waals surface area contributed by atoms with Crippen molar-refractivity contribution >= 4 is 17.5 Å². The highest BCUT2D eigenvalue weighted by Gasteiger charge is 2.32. The molecular weight excluding hydrogens is 423 g/mol. The molecule has 0 spiro atoms. The van der Waals surface area contributed by atoms with E-state index in [1.165, 1.54) is 30.5 Å². The molecule has 2 aromatic heterocycles. The summed E-state index contributed by atoms with van der Waals surface area (Å²) in [5.74, 6) is 0.222. The van der Waals surface area contributed by atoms with Crippen LogP contribution in [0.15, 0.2) is 36.7 Å². The number of anilines is 1. The van der Waals surface area contributed by atoms with Gasteiger partial charge in [0.25, 0.3) is 11.8 Å². The van der Waals surface area contributed by atoms with Gasteiger partial charge in [-0.25, -0.2) is 24.3 Å². The van der Waals surface area contributed by atoms with Gasteiger partial charge in [-0.2, -0.15) is 0 Å². The normalized spacial score (nSPS) is 15.9. The molecule has 33 heavy (non-hydrogen) atoms. The number of hydrogen-bond acceptors (Lipinski definition) is 6. The van der Waals surface area contributed by atoms with Crippen LogP contribution in [0.25, 0.3) is 0 Å². The number of benzene rings is 1. The van der Waals surface area contributed by atoms with Gasteiger partial charge in [0, 0.05) is 24.6 Å². The van der Waals surface area contributed by atoms with E-state index in [0.717, 1.165) is 19.3 Å². The van der Waals surface area contributed by atoms with Crippen LogP contribution >= 0.6 is 0 Å². The minimum absolute atomic E-state index is 0.142. The van der Waals surface area contributed by atoms with E-state index < -0.39 is 0 Å². The van der Waals surface area contributed by atoms with Crippen molar-refractivity contribution in [3.8, 4) is 0 Å². The van der Waals surface area contributed by atoms with Crippen LogP contribution in [-0.4, -0.2) is 43.2 Å². The number of carbonyl (C=O) groups excluding carboxylic acids is 2. The van der Waals surface area contributed by atoms with Crippen molar-refractivity contribution in [2.24, 2.45) is 0 Å². The Morgan fingerprint density at radius 1 is 0.970 bits per heavy atom. The van der Waals surface area contributed by atoms with Gasteiger partial charge in [-0.15, -0.1) is 0 Å². The molecule has 1 N–H and O–H groups in total. The third kappa shape index (κ3) is 4.87. The lowest BCUT2D eigenvalue weighted by atomic mass is 9.99. The third-order valence-corrected chi connectivity index (χ3v) is 5.74. The molecule has 0 saturated carbocycles. The summed E-state index contributed by atoms with van der Waals surface area (Å²) < 4.78 is 13.1. The second kappa shape index (κ2) is 9.40. The summed E-state index contributed by atoms with van der Waals surface area (Å²) >= 11 is 0. The molecule has 3 aromatic rings. The molecule has 0 unspecified atom stereocenters. The number of hydrogen-bond donors (Lipinski definition) is 1. The van der Waals surface area contributed by atoms with Crippen LogP contribution in [0.4, 0.5) is 10.1 Å². The van der Waals surface area contributed by atoms with E-state index in [2.05, 4.69) is 25.3 Å². The maximum absolute atomic E-state index is 13.3. The lowest BCUT2D eigenvalue weighted by Gasteiger charge is -2.35. The molecule has 1 atom stereocenters. The lowest BCUT2D eigenvalue weighted by molar-refractivity contribution is 0.0597. The minimum atomic E-state index is -0.380. The second-order valence-corrected chi connectivity index (χ2v) is 8.11. The highest BCUT2D eigenvalue weighted by atomic mass is 19.1. The maximum Gasteiger partial charge on any atom is 0.259 e. The third-order valence-electron chi connectivity index (χ3n) is 5.74. The lowest BCUT2D eigenvalue weighted by Crippen LogP contribution is -2.40. The van der Waals surface area contributed by atoms with Gasteiger partial charge in [0.15, 0.2) is 5.82 Å². The van der Waals surface area contributed by atoms with Crippen molar-refractivity contribution < 1.29 is 14.0 Å². The zero-order valence-corrected chi connectivity index (χ0v) is 18.8. The summed E-state index contributed by atoms with van der Waals surface area (Å²) in [5.41, 5.74) is 2.41. The Morgan fingerprint density at radius 3 is 2.36 bits per heavy atom. The monoisotopic (exact) mass is 448 g/mol. The second-order valence-electron chi connectivity index (χ2n) is 8.11. The zero-order chi connectivity index (χ0) is 23.5. The van der Waals surface area contributed by atoms with Crippen molar-refractivity contribution in [3.05, 3.63) is 76.6 Å². The summed E-state index contributed by atoms with van der Waals surface area (Å²) in [6, 6.07) is 5.23. The Morgan fingerprint density at radius 2 is 1.67 bits per heavy atom. The average molecular weight is 449 g/mol. The molecule has 3 heterocycles. The summed E-state index contributed by atoms with van der Waals surface area (Å²) in [6.45, 7) is 5.91. The number of halogens is 1. The fourth-order valence-corrected chi connectivity index (χ4v) is 3.99. The first-order chi connectivity index (χ1) is 15.8. The van der Waals surface area contributed by atoms with E-state index in [9.17, 15) is 14.0 Å². The molecule has 1 aliphatic rings. The first-order valence-corrected chi connectivity index (χ1v) is 10.8. The molecule has 9 heteroatoms. The fourth-order valence-electron chi connectivity index (χ4n) is 3.99. The number of nitrogens with zero attached hydrogens (tertiary/aromatic N) is 5. The summed E-state index contributed by atoms with van der Waals surface area (Å²) in [5, 5.41) is 2.72. The van der Waals surface area contributed by atoms with Gasteiger partial charge in [0.1, 0.15) is 11.6 Å². The number of amides is 2. The number of aryl methyl sites for hydroxylation is 3. The quantitative estimate of drug-likeness (QED) is 0.649. The minimum Gasteiger partial charge on any atom is -0.328 e. The predicted octanol–water partition coefficient (Wildman–Crippen LogP) is 3.95. The van der Waals surface area contributed by atoms with Gasteiger partial charge in [-0.1, -0.05) is 0 Å². The van der Waals surface area contributed by atoms with Gasteiger partial charge >= 0.3 is 0 Å². The molecule has 0 aliphatic carbocycles. The van der Waals surface area contributed by atoms with Gasteiger partial charge in [0.05, 0.1) is 28.6 Å². The van der Waals surface area contributed by atoms with Gasteiger partial charge in [-0.05, 0) is 64.3 Å². The van der Waals surface area contributed by atoms with E-state index in [-0.39, 0.29) is 23.7 Å². The predicted molar refractivity (Wildman–Crippen MR) is 120 cm³/mol. The molecule has 4 rings (SSSR count). The Balaban J connectivity index is 1.56. The molecule has 170 valence electrons.